The summed E-state index contributed by atoms with van der Waals surface area (Å²) in [6.45, 7) is 9.43. The number of carbonyl (C=O) groups is 1. The Morgan fingerprint density at radius 2 is 2.06 bits per heavy atom. The highest BCUT2D eigenvalue weighted by Gasteiger charge is 2.31. The van der Waals surface area contributed by atoms with E-state index in [9.17, 15) is 4.79 Å². The maximum absolute atomic E-state index is 12.1. The number of amides is 1. The van der Waals surface area contributed by atoms with Crippen LogP contribution < -0.4 is 19.8 Å². The molecule has 1 amide bonds. The molecule has 0 bridgehead atoms. The van der Waals surface area contributed by atoms with Crippen LogP contribution in [0.1, 0.15) is 38.8 Å². The molecule has 0 saturated carbocycles. The molecular formula is C24H28BrN3O3. The Labute approximate surface area is 192 Å². The van der Waals surface area contributed by atoms with Gasteiger partial charge < -0.3 is 14.4 Å². The van der Waals surface area contributed by atoms with Crippen LogP contribution in [-0.2, 0) is 4.79 Å². The number of hydrazone groups is 1. The van der Waals surface area contributed by atoms with E-state index in [2.05, 4.69) is 65.1 Å². The summed E-state index contributed by atoms with van der Waals surface area (Å²) in [5.74, 6) is 0.963. The third-order valence-electron chi connectivity index (χ3n) is 5.20. The zero-order chi connectivity index (χ0) is 22.6. The van der Waals surface area contributed by atoms with E-state index < -0.39 is 0 Å². The summed E-state index contributed by atoms with van der Waals surface area (Å²) in [7, 11) is 1.64. The number of halogens is 1. The summed E-state index contributed by atoms with van der Waals surface area (Å²) in [6, 6.07) is 11.4. The molecule has 0 aliphatic carbocycles. The topological polar surface area (TPSA) is 63.2 Å². The molecule has 0 aromatic heterocycles. The zero-order valence-electron chi connectivity index (χ0n) is 18.5. The lowest BCUT2D eigenvalue weighted by atomic mass is 9.88. The first-order valence-corrected chi connectivity index (χ1v) is 10.9. The van der Waals surface area contributed by atoms with Crippen molar-refractivity contribution in [1.82, 2.24) is 5.43 Å². The highest BCUT2D eigenvalue weighted by atomic mass is 79.9. The third-order valence-corrected chi connectivity index (χ3v) is 5.70. The van der Waals surface area contributed by atoms with Crippen molar-refractivity contribution >= 4 is 39.3 Å². The van der Waals surface area contributed by atoms with Crippen molar-refractivity contribution in [2.45, 2.75) is 33.2 Å². The molecule has 0 radical (unpaired) electrons. The summed E-state index contributed by atoms with van der Waals surface area (Å²) in [6.07, 6.45) is 3.87. The van der Waals surface area contributed by atoms with Crippen LogP contribution in [0.3, 0.4) is 0 Å². The Morgan fingerprint density at radius 3 is 2.74 bits per heavy atom. The van der Waals surface area contributed by atoms with Crippen LogP contribution in [0.15, 0.2) is 52.0 Å². The van der Waals surface area contributed by atoms with Gasteiger partial charge in [0.1, 0.15) is 11.5 Å². The number of fused-ring (bicyclic) bond motifs is 1. The summed E-state index contributed by atoms with van der Waals surface area (Å²) in [4.78, 5) is 14.4. The van der Waals surface area contributed by atoms with E-state index in [-0.39, 0.29) is 18.1 Å². The predicted octanol–water partition coefficient (Wildman–Crippen LogP) is 5.01. The maximum Gasteiger partial charge on any atom is 0.277 e. The summed E-state index contributed by atoms with van der Waals surface area (Å²) < 4.78 is 12.0. The number of hydrogen-bond acceptors (Lipinski definition) is 5. The average Bonchev–Trinajstić information content (AvgIpc) is 2.72. The molecule has 6 nitrogen and oxygen atoms in total. The number of ether oxygens (including phenoxy) is 2. The number of anilines is 1. The molecule has 1 aliphatic rings. The number of methoxy groups -OCH3 is 1. The van der Waals surface area contributed by atoms with E-state index >= 15 is 0 Å². The molecule has 2 aromatic carbocycles. The van der Waals surface area contributed by atoms with Gasteiger partial charge >= 0.3 is 0 Å². The summed E-state index contributed by atoms with van der Waals surface area (Å²) in [5, 5.41) is 4.09. The van der Waals surface area contributed by atoms with Crippen LogP contribution in [0, 0.1) is 0 Å². The van der Waals surface area contributed by atoms with Gasteiger partial charge in [-0.2, -0.15) is 5.10 Å². The lowest BCUT2D eigenvalue weighted by Crippen LogP contribution is -2.44. The minimum atomic E-state index is -0.344. The van der Waals surface area contributed by atoms with Gasteiger partial charge in [-0.05, 0) is 57.5 Å². The Kier molecular flexibility index (Phi) is 7.05. The second-order valence-corrected chi connectivity index (χ2v) is 8.79. The number of carbonyl (C=O) groups excluding carboxylic acids is 1. The molecule has 7 heteroatoms. The van der Waals surface area contributed by atoms with Gasteiger partial charge in [0, 0.05) is 33.9 Å². The molecular weight excluding hydrogens is 458 g/mol. The number of rotatable bonds is 7. The van der Waals surface area contributed by atoms with E-state index in [1.54, 1.807) is 25.5 Å². The number of benzene rings is 2. The van der Waals surface area contributed by atoms with Crippen molar-refractivity contribution in [3.8, 4) is 11.5 Å². The minimum absolute atomic E-state index is 0.0746. The van der Waals surface area contributed by atoms with Gasteiger partial charge in [-0.25, -0.2) is 5.43 Å². The van der Waals surface area contributed by atoms with Gasteiger partial charge in [0.05, 0.1) is 18.9 Å². The normalized spacial score (nSPS) is 14.8. The SMILES string of the molecule is CCN1c2cc(OC)c(/C=N/NC(=O)COc3cccc(Br)c3)cc2C(C)=CC1(C)C. The van der Waals surface area contributed by atoms with Crippen molar-refractivity contribution in [3.63, 3.8) is 0 Å². The molecule has 1 aliphatic heterocycles. The van der Waals surface area contributed by atoms with Crippen LogP contribution in [0.25, 0.3) is 5.57 Å². The molecule has 0 saturated heterocycles. The third kappa shape index (κ3) is 5.28. The molecule has 3 rings (SSSR count). The van der Waals surface area contributed by atoms with E-state index in [1.807, 2.05) is 24.3 Å². The molecule has 2 aromatic rings. The van der Waals surface area contributed by atoms with Gasteiger partial charge in [0.25, 0.3) is 5.91 Å². The van der Waals surface area contributed by atoms with Crippen LogP contribution in [0.4, 0.5) is 5.69 Å². The van der Waals surface area contributed by atoms with Crippen molar-refractivity contribution in [3.05, 3.63) is 58.1 Å². The van der Waals surface area contributed by atoms with Crippen molar-refractivity contribution < 1.29 is 14.3 Å². The molecule has 0 atom stereocenters. The molecule has 1 N–H and O–H groups in total. The van der Waals surface area contributed by atoms with Crippen LogP contribution >= 0.6 is 15.9 Å². The monoisotopic (exact) mass is 485 g/mol. The van der Waals surface area contributed by atoms with Crippen LogP contribution in [0.5, 0.6) is 11.5 Å². The fraction of sp³-hybridized carbons (Fsp3) is 0.333. The predicted molar refractivity (Wildman–Crippen MR) is 129 cm³/mol. The van der Waals surface area contributed by atoms with Crippen molar-refractivity contribution in [2.24, 2.45) is 5.10 Å². The summed E-state index contributed by atoms with van der Waals surface area (Å²) >= 11 is 3.37. The van der Waals surface area contributed by atoms with Crippen LogP contribution in [-0.4, -0.2) is 37.9 Å². The number of allylic oxidation sites excluding steroid dienone is 1. The van der Waals surface area contributed by atoms with Gasteiger partial charge in [0.15, 0.2) is 6.61 Å². The lowest BCUT2D eigenvalue weighted by molar-refractivity contribution is -0.123. The minimum Gasteiger partial charge on any atom is -0.496 e. The zero-order valence-corrected chi connectivity index (χ0v) is 20.1. The first-order chi connectivity index (χ1) is 14.7. The average molecular weight is 486 g/mol. The Morgan fingerprint density at radius 1 is 1.29 bits per heavy atom. The Bertz CT molecular complexity index is 1030. The second kappa shape index (κ2) is 9.56. The molecule has 164 valence electrons. The first kappa shape index (κ1) is 22.9. The van der Waals surface area contributed by atoms with E-state index in [1.165, 1.54) is 5.57 Å². The van der Waals surface area contributed by atoms with Crippen LogP contribution in [0.2, 0.25) is 0 Å². The fourth-order valence-corrected chi connectivity index (χ4v) is 4.27. The largest absolute Gasteiger partial charge is 0.496 e. The Hall–Kier alpha value is -2.80. The van der Waals surface area contributed by atoms with Gasteiger partial charge in [-0.15, -0.1) is 0 Å². The number of hydrogen-bond donors (Lipinski definition) is 1. The number of likely N-dealkylation sites (N-methyl/N-ethyl adjacent to an activating group) is 1. The fourth-order valence-electron chi connectivity index (χ4n) is 3.89. The maximum atomic E-state index is 12.1. The second-order valence-electron chi connectivity index (χ2n) is 7.88. The van der Waals surface area contributed by atoms with Gasteiger partial charge in [0.2, 0.25) is 0 Å². The molecule has 1 heterocycles. The highest BCUT2D eigenvalue weighted by molar-refractivity contribution is 9.10. The quantitative estimate of drug-likeness (QED) is 0.442. The van der Waals surface area contributed by atoms with Gasteiger partial charge in [-0.3, -0.25) is 4.79 Å². The van der Waals surface area contributed by atoms with Crippen molar-refractivity contribution in [2.75, 3.05) is 25.2 Å². The smallest absolute Gasteiger partial charge is 0.277 e. The Balaban J connectivity index is 1.73. The standard InChI is InChI=1S/C24H28BrN3O3/c1-6-28-21-12-22(30-5)17(10-20(21)16(2)13-24(28,3)4)14-26-27-23(29)15-31-19-9-7-8-18(25)11-19/h7-14H,6,15H2,1-5H3,(H,27,29)/b26-14+. The summed E-state index contributed by atoms with van der Waals surface area (Å²) in [5.41, 5.74) is 6.69. The number of nitrogens with one attached hydrogen (secondary N) is 1. The molecule has 0 unspecified atom stereocenters. The number of nitrogens with zero attached hydrogens (tertiary/aromatic N) is 2. The lowest BCUT2D eigenvalue weighted by Gasteiger charge is -2.43. The molecule has 0 spiro atoms. The van der Waals surface area contributed by atoms with Crippen molar-refractivity contribution in [1.29, 1.82) is 0 Å². The van der Waals surface area contributed by atoms with E-state index in [0.29, 0.717) is 11.5 Å². The first-order valence-electron chi connectivity index (χ1n) is 10.1. The van der Waals surface area contributed by atoms with Gasteiger partial charge in [-0.1, -0.05) is 28.1 Å². The molecule has 31 heavy (non-hydrogen) atoms. The van der Waals surface area contributed by atoms with E-state index in [0.717, 1.165) is 27.8 Å². The van der Waals surface area contributed by atoms with E-state index in [4.69, 9.17) is 9.47 Å². The molecule has 0 fully saturated rings. The highest BCUT2D eigenvalue weighted by Crippen LogP contribution is 2.41.